The van der Waals surface area contributed by atoms with Gasteiger partial charge in [-0.1, -0.05) is 12.1 Å². The van der Waals surface area contributed by atoms with Crippen LogP contribution in [-0.4, -0.2) is 71.8 Å². The summed E-state index contributed by atoms with van der Waals surface area (Å²) < 4.78 is 5.78. The van der Waals surface area contributed by atoms with Crippen molar-refractivity contribution in [1.29, 1.82) is 0 Å². The Hall–Kier alpha value is -2.18. The molecule has 0 spiro atoms. The quantitative estimate of drug-likeness (QED) is 0.908. The number of hydrogen-bond acceptors (Lipinski definition) is 4. The van der Waals surface area contributed by atoms with E-state index in [1.165, 1.54) is 0 Å². The summed E-state index contributed by atoms with van der Waals surface area (Å²) in [6.45, 7) is 3.97. The number of carbonyl (C=O) groups is 1. The molecular formula is C18H22N4O2. The Balaban J connectivity index is 1.62. The lowest BCUT2D eigenvalue weighted by molar-refractivity contribution is 0.0483. The SMILES string of the molecule is CN1C[C@@H]2COC[C@H](C1)N(C(=O)c1cccc(-c3cn[nH]c3)c1)C2. The van der Waals surface area contributed by atoms with E-state index >= 15 is 0 Å². The zero-order valence-electron chi connectivity index (χ0n) is 13.8. The standard InChI is InChI=1S/C18H22N4O2/c1-21-8-13-9-22(17(10-21)12-24-11-13)18(23)15-4-2-3-14(5-15)16-6-19-20-7-16/h2-7,13,17H,8-12H2,1H3,(H,19,20)/t13-,17-/m0/s1. The lowest BCUT2D eigenvalue weighted by Gasteiger charge is -2.29. The van der Waals surface area contributed by atoms with Crippen molar-refractivity contribution in [3.63, 3.8) is 0 Å². The first-order valence-electron chi connectivity index (χ1n) is 8.37. The molecule has 4 rings (SSSR count). The lowest BCUT2D eigenvalue weighted by Crippen LogP contribution is -2.45. The van der Waals surface area contributed by atoms with Crippen molar-refractivity contribution in [3.8, 4) is 11.1 Å². The number of fused-ring (bicyclic) bond motifs is 3. The van der Waals surface area contributed by atoms with Crippen LogP contribution in [0.5, 0.6) is 0 Å². The minimum atomic E-state index is 0.0937. The number of hydrogen-bond donors (Lipinski definition) is 1. The van der Waals surface area contributed by atoms with Crippen LogP contribution in [0.1, 0.15) is 10.4 Å². The summed E-state index contributed by atoms with van der Waals surface area (Å²) in [6, 6.07) is 7.90. The van der Waals surface area contributed by atoms with Crippen LogP contribution in [0.2, 0.25) is 0 Å². The molecule has 2 aliphatic heterocycles. The highest BCUT2D eigenvalue weighted by Crippen LogP contribution is 2.23. The maximum Gasteiger partial charge on any atom is 0.254 e. The molecule has 24 heavy (non-hydrogen) atoms. The second kappa shape index (κ2) is 6.37. The molecule has 0 aliphatic carbocycles. The van der Waals surface area contributed by atoms with Crippen molar-refractivity contribution in [2.24, 2.45) is 5.92 Å². The number of rotatable bonds is 2. The molecule has 2 aromatic rings. The Labute approximate surface area is 141 Å². The average Bonchev–Trinajstić information content (AvgIpc) is 2.98. The molecule has 1 aromatic carbocycles. The van der Waals surface area contributed by atoms with Crippen molar-refractivity contribution in [2.75, 3.05) is 39.9 Å². The maximum absolute atomic E-state index is 13.2. The predicted octanol–water partition coefficient (Wildman–Crippen LogP) is 1.48. The van der Waals surface area contributed by atoms with Crippen molar-refractivity contribution in [2.45, 2.75) is 6.04 Å². The van der Waals surface area contributed by atoms with Crippen LogP contribution in [0.25, 0.3) is 11.1 Å². The molecular weight excluding hydrogens is 304 g/mol. The van der Waals surface area contributed by atoms with Gasteiger partial charge in [0.15, 0.2) is 0 Å². The summed E-state index contributed by atoms with van der Waals surface area (Å²) in [6.07, 6.45) is 3.61. The van der Waals surface area contributed by atoms with Crippen molar-refractivity contribution < 1.29 is 9.53 Å². The molecule has 2 fully saturated rings. The first-order chi connectivity index (χ1) is 11.7. The molecule has 126 valence electrons. The normalized spacial score (nSPS) is 24.6. The molecule has 2 bridgehead atoms. The third-order valence-electron chi connectivity index (χ3n) is 4.85. The largest absolute Gasteiger partial charge is 0.379 e. The molecule has 2 atom stereocenters. The summed E-state index contributed by atoms with van der Waals surface area (Å²) >= 11 is 0. The number of aromatic nitrogens is 2. The van der Waals surface area contributed by atoms with Gasteiger partial charge in [0.25, 0.3) is 5.91 Å². The molecule has 6 nitrogen and oxygen atoms in total. The molecule has 0 radical (unpaired) electrons. The van der Waals surface area contributed by atoms with Crippen LogP contribution in [0.3, 0.4) is 0 Å². The van der Waals surface area contributed by atoms with E-state index in [4.69, 9.17) is 4.74 Å². The molecule has 2 aliphatic rings. The molecule has 2 saturated heterocycles. The lowest BCUT2D eigenvalue weighted by atomic mass is 10.0. The van der Waals surface area contributed by atoms with Crippen LogP contribution in [-0.2, 0) is 4.74 Å². The Morgan fingerprint density at radius 1 is 1.25 bits per heavy atom. The molecule has 1 amide bonds. The molecule has 6 heteroatoms. The van der Waals surface area contributed by atoms with Crippen LogP contribution in [0.4, 0.5) is 0 Å². The summed E-state index contributed by atoms with van der Waals surface area (Å²) in [5.41, 5.74) is 2.71. The fraction of sp³-hybridized carbons (Fsp3) is 0.444. The third kappa shape index (κ3) is 2.95. The van der Waals surface area contributed by atoms with E-state index in [0.717, 1.165) is 42.9 Å². The summed E-state index contributed by atoms with van der Waals surface area (Å²) in [7, 11) is 2.12. The highest BCUT2D eigenvalue weighted by atomic mass is 16.5. The van der Waals surface area contributed by atoms with Crippen LogP contribution < -0.4 is 0 Å². The average molecular weight is 326 g/mol. The first-order valence-corrected chi connectivity index (χ1v) is 8.37. The summed E-state index contributed by atoms with van der Waals surface area (Å²) in [5, 5.41) is 6.80. The van der Waals surface area contributed by atoms with Gasteiger partial charge in [0.1, 0.15) is 0 Å². The Bertz CT molecular complexity index is 716. The Kier molecular flexibility index (Phi) is 4.08. The van der Waals surface area contributed by atoms with Crippen LogP contribution in [0.15, 0.2) is 36.7 Å². The predicted molar refractivity (Wildman–Crippen MR) is 90.7 cm³/mol. The van der Waals surface area contributed by atoms with E-state index in [9.17, 15) is 4.79 Å². The Morgan fingerprint density at radius 2 is 2.17 bits per heavy atom. The number of benzene rings is 1. The number of aromatic amines is 1. The number of amides is 1. The van der Waals surface area contributed by atoms with Gasteiger partial charge in [-0.2, -0.15) is 5.10 Å². The van der Waals surface area contributed by atoms with Crippen molar-refractivity contribution >= 4 is 5.91 Å². The van der Waals surface area contributed by atoms with Gasteiger partial charge >= 0.3 is 0 Å². The maximum atomic E-state index is 13.2. The van der Waals surface area contributed by atoms with Crippen LogP contribution >= 0.6 is 0 Å². The highest BCUT2D eigenvalue weighted by molar-refractivity contribution is 5.95. The molecule has 0 unspecified atom stereocenters. The molecule has 1 N–H and O–H groups in total. The fourth-order valence-corrected chi connectivity index (χ4v) is 3.73. The number of ether oxygens (including phenoxy) is 1. The second-order valence-electron chi connectivity index (χ2n) is 6.80. The zero-order valence-corrected chi connectivity index (χ0v) is 13.8. The molecule has 3 heterocycles. The number of likely N-dealkylation sites (N-methyl/N-ethyl adjacent to an activating group) is 1. The number of nitrogens with zero attached hydrogens (tertiary/aromatic N) is 3. The smallest absolute Gasteiger partial charge is 0.254 e. The number of carbonyl (C=O) groups excluding carboxylic acids is 1. The first kappa shape index (κ1) is 15.4. The van der Waals surface area contributed by atoms with E-state index in [0.29, 0.717) is 12.5 Å². The highest BCUT2D eigenvalue weighted by Gasteiger charge is 2.35. The fourth-order valence-electron chi connectivity index (χ4n) is 3.73. The minimum Gasteiger partial charge on any atom is -0.379 e. The molecule has 0 saturated carbocycles. The van der Waals surface area contributed by atoms with E-state index < -0.39 is 0 Å². The Morgan fingerprint density at radius 3 is 3.00 bits per heavy atom. The van der Waals surface area contributed by atoms with E-state index in [2.05, 4.69) is 22.1 Å². The van der Waals surface area contributed by atoms with Gasteiger partial charge in [0, 0.05) is 42.9 Å². The summed E-state index contributed by atoms with van der Waals surface area (Å²) in [4.78, 5) is 17.5. The van der Waals surface area contributed by atoms with Gasteiger partial charge in [-0.3, -0.25) is 9.89 Å². The van der Waals surface area contributed by atoms with Gasteiger partial charge in [0.05, 0.1) is 25.5 Å². The van der Waals surface area contributed by atoms with E-state index in [1.54, 1.807) is 6.20 Å². The van der Waals surface area contributed by atoms with Gasteiger partial charge in [-0.05, 0) is 24.7 Å². The topological polar surface area (TPSA) is 61.5 Å². The van der Waals surface area contributed by atoms with Gasteiger partial charge < -0.3 is 14.5 Å². The number of nitrogens with one attached hydrogen (secondary N) is 1. The third-order valence-corrected chi connectivity index (χ3v) is 4.85. The minimum absolute atomic E-state index is 0.0937. The van der Waals surface area contributed by atoms with Gasteiger partial charge in [0.2, 0.25) is 0 Å². The van der Waals surface area contributed by atoms with E-state index in [1.807, 2.05) is 35.4 Å². The summed E-state index contributed by atoms with van der Waals surface area (Å²) in [5.74, 6) is 0.472. The molecule has 1 aromatic heterocycles. The van der Waals surface area contributed by atoms with Crippen molar-refractivity contribution in [1.82, 2.24) is 20.0 Å². The number of H-pyrrole nitrogens is 1. The zero-order chi connectivity index (χ0) is 16.5. The monoisotopic (exact) mass is 326 g/mol. The van der Waals surface area contributed by atoms with Crippen molar-refractivity contribution in [3.05, 3.63) is 42.2 Å². The van der Waals surface area contributed by atoms with Gasteiger partial charge in [-0.25, -0.2) is 0 Å². The van der Waals surface area contributed by atoms with Gasteiger partial charge in [-0.15, -0.1) is 0 Å². The van der Waals surface area contributed by atoms with E-state index in [-0.39, 0.29) is 11.9 Å². The van der Waals surface area contributed by atoms with Crippen LogP contribution in [0, 0.1) is 5.92 Å². The second-order valence-corrected chi connectivity index (χ2v) is 6.80.